The lowest BCUT2D eigenvalue weighted by Crippen LogP contribution is -2.40. The highest BCUT2D eigenvalue weighted by Crippen LogP contribution is 2.48. The van der Waals surface area contributed by atoms with E-state index in [9.17, 15) is 5.11 Å². The van der Waals surface area contributed by atoms with Crippen molar-refractivity contribution < 1.29 is 9.84 Å². The second kappa shape index (κ2) is 1.76. The summed E-state index contributed by atoms with van der Waals surface area (Å²) >= 11 is 0. The Hall–Kier alpha value is -0.600. The molecule has 0 amide bonds. The summed E-state index contributed by atoms with van der Waals surface area (Å²) in [5.74, 6) is 0. The van der Waals surface area contributed by atoms with Crippen LogP contribution < -0.4 is 0 Å². The molecule has 2 aliphatic rings. The van der Waals surface area contributed by atoms with E-state index in [1.165, 1.54) is 0 Å². The van der Waals surface area contributed by atoms with Crippen LogP contribution in [0.4, 0.5) is 0 Å². The molecule has 0 spiro atoms. The molecule has 60 valence electrons. The number of aliphatic hydroxyl groups is 1. The van der Waals surface area contributed by atoms with Crippen LogP contribution in [0, 0.1) is 0 Å². The summed E-state index contributed by atoms with van der Waals surface area (Å²) in [6.07, 6.45) is 7.85. The minimum absolute atomic E-state index is 0.0903. The SMILES string of the molecule is CC(C)(O)C12C=CC=CC1O2. The van der Waals surface area contributed by atoms with Crippen LogP contribution >= 0.6 is 0 Å². The van der Waals surface area contributed by atoms with Crippen LogP contribution in [0.25, 0.3) is 0 Å². The molecule has 1 heterocycles. The van der Waals surface area contributed by atoms with Gasteiger partial charge in [0, 0.05) is 0 Å². The van der Waals surface area contributed by atoms with E-state index in [0.717, 1.165) is 0 Å². The van der Waals surface area contributed by atoms with Gasteiger partial charge in [0.2, 0.25) is 0 Å². The lowest BCUT2D eigenvalue weighted by Gasteiger charge is -2.24. The smallest absolute Gasteiger partial charge is 0.145 e. The monoisotopic (exact) mass is 152 g/mol. The molecule has 0 radical (unpaired) electrons. The number of hydrogen-bond acceptors (Lipinski definition) is 2. The van der Waals surface area contributed by atoms with E-state index in [1.807, 2.05) is 24.3 Å². The fourth-order valence-corrected chi connectivity index (χ4v) is 1.55. The Kier molecular flexibility index (Phi) is 1.13. The topological polar surface area (TPSA) is 32.8 Å². The normalized spacial score (nSPS) is 40.5. The molecule has 0 aromatic heterocycles. The molecule has 1 aliphatic heterocycles. The maximum Gasteiger partial charge on any atom is 0.145 e. The van der Waals surface area contributed by atoms with Gasteiger partial charge < -0.3 is 9.84 Å². The van der Waals surface area contributed by atoms with Gasteiger partial charge in [-0.3, -0.25) is 0 Å². The van der Waals surface area contributed by atoms with Gasteiger partial charge in [-0.1, -0.05) is 18.2 Å². The summed E-state index contributed by atoms with van der Waals surface area (Å²) in [4.78, 5) is 0. The zero-order valence-electron chi connectivity index (χ0n) is 6.74. The first-order chi connectivity index (χ1) is 5.06. The lowest BCUT2D eigenvalue weighted by molar-refractivity contribution is 0.0159. The molecule has 2 heteroatoms. The first-order valence-corrected chi connectivity index (χ1v) is 3.82. The summed E-state index contributed by atoms with van der Waals surface area (Å²) in [5.41, 5.74) is -1.21. The maximum absolute atomic E-state index is 9.73. The van der Waals surface area contributed by atoms with Crippen LogP contribution in [0.15, 0.2) is 24.3 Å². The summed E-state index contributed by atoms with van der Waals surface area (Å²) in [6.45, 7) is 3.55. The summed E-state index contributed by atoms with van der Waals surface area (Å²) in [6, 6.07) is 0. The molecule has 0 bridgehead atoms. The Labute approximate surface area is 66.2 Å². The van der Waals surface area contributed by atoms with Crippen molar-refractivity contribution >= 4 is 0 Å². The van der Waals surface area contributed by atoms with Crippen molar-refractivity contribution in [3.8, 4) is 0 Å². The van der Waals surface area contributed by atoms with E-state index in [2.05, 4.69) is 0 Å². The van der Waals surface area contributed by atoms with Gasteiger partial charge in [0.25, 0.3) is 0 Å². The Morgan fingerprint density at radius 3 is 2.64 bits per heavy atom. The third kappa shape index (κ3) is 0.798. The van der Waals surface area contributed by atoms with Crippen molar-refractivity contribution in [2.45, 2.75) is 31.2 Å². The van der Waals surface area contributed by atoms with Crippen molar-refractivity contribution in [1.29, 1.82) is 0 Å². The molecule has 0 aromatic carbocycles. The van der Waals surface area contributed by atoms with Gasteiger partial charge >= 0.3 is 0 Å². The predicted octanol–water partition coefficient (Wildman–Crippen LogP) is 1.02. The van der Waals surface area contributed by atoms with Gasteiger partial charge in [-0.15, -0.1) is 0 Å². The van der Waals surface area contributed by atoms with E-state index in [1.54, 1.807) is 13.8 Å². The molecule has 2 nitrogen and oxygen atoms in total. The molecule has 1 N–H and O–H groups in total. The Morgan fingerprint density at radius 1 is 1.45 bits per heavy atom. The van der Waals surface area contributed by atoms with E-state index < -0.39 is 11.2 Å². The molecule has 1 saturated heterocycles. The van der Waals surface area contributed by atoms with Gasteiger partial charge in [-0.25, -0.2) is 0 Å². The number of hydrogen-bond donors (Lipinski definition) is 1. The van der Waals surface area contributed by atoms with Crippen LogP contribution in [0.1, 0.15) is 13.8 Å². The fourth-order valence-electron chi connectivity index (χ4n) is 1.55. The van der Waals surface area contributed by atoms with Crippen molar-refractivity contribution in [2.75, 3.05) is 0 Å². The third-order valence-corrected chi connectivity index (χ3v) is 2.38. The van der Waals surface area contributed by atoms with Crippen molar-refractivity contribution in [3.05, 3.63) is 24.3 Å². The molecule has 2 rings (SSSR count). The molecule has 2 unspecified atom stereocenters. The minimum atomic E-state index is -0.779. The van der Waals surface area contributed by atoms with Gasteiger partial charge in [0.1, 0.15) is 11.7 Å². The van der Waals surface area contributed by atoms with E-state index in [4.69, 9.17) is 4.74 Å². The number of fused-ring (bicyclic) bond motifs is 1. The van der Waals surface area contributed by atoms with Gasteiger partial charge in [0.05, 0.1) is 5.60 Å². The number of ether oxygens (including phenoxy) is 1. The standard InChI is InChI=1S/C9H12O2/c1-8(2,10)9-6-4-3-5-7(9)11-9/h3-7,10H,1-2H3. The number of rotatable bonds is 1. The minimum Gasteiger partial charge on any atom is -0.387 e. The van der Waals surface area contributed by atoms with Crippen LogP contribution in [-0.4, -0.2) is 22.4 Å². The summed E-state index contributed by atoms with van der Waals surface area (Å²) in [5, 5.41) is 9.73. The second-order valence-corrected chi connectivity index (χ2v) is 3.63. The van der Waals surface area contributed by atoms with Crippen molar-refractivity contribution in [2.24, 2.45) is 0 Å². The van der Waals surface area contributed by atoms with Crippen molar-refractivity contribution in [1.82, 2.24) is 0 Å². The average Bonchev–Trinajstić information content (AvgIpc) is 2.59. The highest BCUT2D eigenvalue weighted by molar-refractivity contribution is 5.35. The zero-order valence-corrected chi connectivity index (χ0v) is 6.74. The fraction of sp³-hybridized carbons (Fsp3) is 0.556. The first-order valence-electron chi connectivity index (χ1n) is 3.82. The third-order valence-electron chi connectivity index (χ3n) is 2.38. The highest BCUT2D eigenvalue weighted by atomic mass is 16.6. The first kappa shape index (κ1) is 7.07. The molecule has 1 fully saturated rings. The van der Waals surface area contributed by atoms with Gasteiger partial charge in [0.15, 0.2) is 0 Å². The summed E-state index contributed by atoms with van der Waals surface area (Å²) in [7, 11) is 0. The van der Waals surface area contributed by atoms with Crippen LogP contribution in [0.2, 0.25) is 0 Å². The highest BCUT2D eigenvalue weighted by Gasteiger charge is 2.62. The predicted molar refractivity (Wildman–Crippen MR) is 42.2 cm³/mol. The quantitative estimate of drug-likeness (QED) is 0.569. The molecular formula is C9H12O2. The Bertz CT molecular complexity index is 234. The van der Waals surface area contributed by atoms with Crippen molar-refractivity contribution in [3.63, 3.8) is 0 Å². The zero-order chi connectivity index (χ0) is 8.11. The molecule has 1 aliphatic carbocycles. The summed E-state index contributed by atoms with van der Waals surface area (Å²) < 4.78 is 5.41. The molecule has 0 saturated carbocycles. The Balaban J connectivity index is 2.29. The van der Waals surface area contributed by atoms with Crippen LogP contribution in [0.3, 0.4) is 0 Å². The van der Waals surface area contributed by atoms with Gasteiger partial charge in [-0.05, 0) is 19.9 Å². The molecule has 0 aromatic rings. The van der Waals surface area contributed by atoms with E-state index in [-0.39, 0.29) is 6.10 Å². The van der Waals surface area contributed by atoms with E-state index >= 15 is 0 Å². The Morgan fingerprint density at radius 2 is 2.18 bits per heavy atom. The van der Waals surface area contributed by atoms with Crippen LogP contribution in [-0.2, 0) is 4.74 Å². The number of allylic oxidation sites excluding steroid dienone is 2. The average molecular weight is 152 g/mol. The molecular weight excluding hydrogens is 140 g/mol. The second-order valence-electron chi connectivity index (χ2n) is 3.63. The molecule has 2 atom stereocenters. The lowest BCUT2D eigenvalue weighted by atomic mass is 9.85. The number of epoxide rings is 1. The molecule has 11 heavy (non-hydrogen) atoms. The van der Waals surface area contributed by atoms with E-state index in [0.29, 0.717) is 0 Å². The largest absolute Gasteiger partial charge is 0.387 e. The van der Waals surface area contributed by atoms with Crippen LogP contribution in [0.5, 0.6) is 0 Å². The van der Waals surface area contributed by atoms with Gasteiger partial charge in [-0.2, -0.15) is 0 Å². The maximum atomic E-state index is 9.73.